The highest BCUT2D eigenvalue weighted by Crippen LogP contribution is 2.22. The van der Waals surface area contributed by atoms with Gasteiger partial charge in [0.25, 0.3) is 0 Å². The first-order chi connectivity index (χ1) is 26.4. The predicted octanol–water partition coefficient (Wildman–Crippen LogP) is -1.30. The van der Waals surface area contributed by atoms with Crippen molar-refractivity contribution in [3.63, 3.8) is 0 Å². The van der Waals surface area contributed by atoms with Gasteiger partial charge in [0.15, 0.2) is 0 Å². The molecule has 0 unspecified atom stereocenters. The third-order valence-corrected chi connectivity index (χ3v) is 9.37. The van der Waals surface area contributed by atoms with Gasteiger partial charge in [-0.15, -0.1) is 0 Å². The topological polar surface area (TPSA) is 334 Å². The predicted molar refractivity (Wildman–Crippen MR) is 197 cm³/mol. The Balaban J connectivity index is 1.74. The van der Waals surface area contributed by atoms with Gasteiger partial charge in [0.05, 0.1) is 6.04 Å². The number of hydrogen-bond donors (Lipinski definition) is 10. The summed E-state index contributed by atoms with van der Waals surface area (Å²) < 4.78 is 0. The minimum absolute atomic E-state index is 0.0816. The van der Waals surface area contributed by atoms with Crippen molar-refractivity contribution < 1.29 is 58.5 Å². The summed E-state index contributed by atoms with van der Waals surface area (Å²) in [7, 11) is 0. The molecular formula is C36H50N8O12. The van der Waals surface area contributed by atoms with Gasteiger partial charge in [-0.05, 0) is 56.1 Å². The van der Waals surface area contributed by atoms with E-state index in [2.05, 4.69) is 26.3 Å². The number of amides is 6. The Labute approximate surface area is 321 Å². The van der Waals surface area contributed by atoms with Crippen molar-refractivity contribution in [2.75, 3.05) is 6.54 Å². The smallest absolute Gasteiger partial charge is 0.326 e. The molecule has 306 valence electrons. The van der Waals surface area contributed by atoms with Crippen molar-refractivity contribution in [3.05, 3.63) is 36.0 Å². The summed E-state index contributed by atoms with van der Waals surface area (Å²) in [5.41, 5.74) is 13.1. The second kappa shape index (κ2) is 20.6. The maximum Gasteiger partial charge on any atom is 0.326 e. The number of aliphatic carboxylic acids is 3. The summed E-state index contributed by atoms with van der Waals surface area (Å²) in [5.74, 6) is -9.57. The highest BCUT2D eigenvalue weighted by molar-refractivity contribution is 5.97. The minimum Gasteiger partial charge on any atom is -0.481 e. The fourth-order valence-electron chi connectivity index (χ4n) is 6.34. The second-order valence-electron chi connectivity index (χ2n) is 14.0. The molecule has 12 N–H and O–H groups in total. The Morgan fingerprint density at radius 2 is 1.39 bits per heavy atom. The number of hydrogen-bond acceptors (Lipinski definition) is 10. The molecule has 20 heteroatoms. The van der Waals surface area contributed by atoms with Crippen molar-refractivity contribution in [2.24, 2.45) is 17.4 Å². The van der Waals surface area contributed by atoms with Crippen LogP contribution in [0.5, 0.6) is 0 Å². The van der Waals surface area contributed by atoms with Gasteiger partial charge in [-0.25, -0.2) is 4.79 Å². The van der Waals surface area contributed by atoms with Crippen LogP contribution in [0.4, 0.5) is 0 Å². The molecule has 1 saturated heterocycles. The number of H-pyrrole nitrogens is 1. The number of carboxylic acid groups (broad SMARTS) is 3. The van der Waals surface area contributed by atoms with E-state index in [1.807, 2.05) is 24.3 Å². The van der Waals surface area contributed by atoms with Gasteiger partial charge in [-0.3, -0.25) is 38.4 Å². The van der Waals surface area contributed by atoms with Gasteiger partial charge >= 0.3 is 17.9 Å². The van der Waals surface area contributed by atoms with Crippen LogP contribution in [0.3, 0.4) is 0 Å². The molecule has 1 fully saturated rings. The molecule has 1 aliphatic heterocycles. The monoisotopic (exact) mass is 786 g/mol. The molecule has 1 aromatic carbocycles. The number of primary amides is 1. The zero-order valence-corrected chi connectivity index (χ0v) is 31.1. The van der Waals surface area contributed by atoms with Crippen LogP contribution in [0.15, 0.2) is 30.5 Å². The summed E-state index contributed by atoms with van der Waals surface area (Å²) >= 11 is 0. The van der Waals surface area contributed by atoms with E-state index < -0.39 is 121 Å². The lowest BCUT2D eigenvalue weighted by atomic mass is 10.0. The second-order valence-corrected chi connectivity index (χ2v) is 14.0. The molecular weight excluding hydrogens is 736 g/mol. The molecule has 1 aliphatic rings. The summed E-state index contributed by atoms with van der Waals surface area (Å²) in [5, 5.41) is 38.4. The fourth-order valence-corrected chi connectivity index (χ4v) is 6.34. The van der Waals surface area contributed by atoms with E-state index in [4.69, 9.17) is 16.6 Å². The maximum absolute atomic E-state index is 13.9. The zero-order valence-electron chi connectivity index (χ0n) is 31.1. The highest BCUT2D eigenvalue weighted by Gasteiger charge is 2.40. The van der Waals surface area contributed by atoms with E-state index in [1.165, 1.54) is 4.90 Å². The van der Waals surface area contributed by atoms with Crippen molar-refractivity contribution in [1.82, 2.24) is 31.2 Å². The number of fused-ring (bicyclic) bond motifs is 1. The van der Waals surface area contributed by atoms with Gasteiger partial charge in [0, 0.05) is 42.9 Å². The molecule has 6 atom stereocenters. The Kier molecular flexibility index (Phi) is 16.3. The van der Waals surface area contributed by atoms with Crippen molar-refractivity contribution in [3.8, 4) is 0 Å². The van der Waals surface area contributed by atoms with Crippen LogP contribution in [0.2, 0.25) is 0 Å². The van der Waals surface area contributed by atoms with Gasteiger partial charge in [-0.2, -0.15) is 0 Å². The number of carboxylic acids is 3. The first-order valence-electron chi connectivity index (χ1n) is 18.2. The Morgan fingerprint density at radius 3 is 2.00 bits per heavy atom. The van der Waals surface area contributed by atoms with E-state index in [0.717, 1.165) is 16.5 Å². The molecule has 0 radical (unpaired) electrons. The number of likely N-dealkylation sites (tertiary alicyclic amines) is 1. The van der Waals surface area contributed by atoms with Crippen molar-refractivity contribution in [1.29, 1.82) is 0 Å². The SMILES string of the molecule is CC(C)[C@H](NC(=O)[C@@H]1CCCN1C(=O)[C@H](CCC(=O)O)NC(=O)[C@@H](N)Cc1c[nH]c2ccccc12)C(=O)N[C@@H](CCC(N)=O)C(=O)N[C@@H](CCC(=O)O)C(=O)O. The number of carbonyl (C=O) groups excluding carboxylic acids is 6. The van der Waals surface area contributed by atoms with E-state index in [1.54, 1.807) is 20.0 Å². The number of nitrogens with one attached hydrogen (secondary N) is 5. The number of aromatic amines is 1. The number of benzene rings is 1. The van der Waals surface area contributed by atoms with Crippen LogP contribution in [0, 0.1) is 5.92 Å². The quantitative estimate of drug-likeness (QED) is 0.0665. The number of rotatable bonds is 22. The van der Waals surface area contributed by atoms with Crippen LogP contribution in [-0.4, -0.2) is 121 Å². The summed E-state index contributed by atoms with van der Waals surface area (Å²) in [6.45, 7) is 3.26. The van der Waals surface area contributed by atoms with E-state index in [0.29, 0.717) is 6.42 Å². The molecule has 6 amide bonds. The Hall–Kier alpha value is -6.05. The number of carbonyl (C=O) groups is 9. The van der Waals surface area contributed by atoms with Crippen molar-refractivity contribution in [2.45, 2.75) is 108 Å². The third-order valence-electron chi connectivity index (χ3n) is 9.37. The summed E-state index contributed by atoms with van der Waals surface area (Å²) in [4.78, 5) is 118. The van der Waals surface area contributed by atoms with Crippen LogP contribution in [-0.2, 0) is 49.6 Å². The molecule has 0 spiro atoms. The van der Waals surface area contributed by atoms with Gasteiger partial charge in [-0.1, -0.05) is 32.0 Å². The Bertz CT molecular complexity index is 1800. The molecule has 3 rings (SSSR count). The van der Waals surface area contributed by atoms with Crippen LogP contribution in [0.25, 0.3) is 10.9 Å². The number of aromatic nitrogens is 1. The standard InChI is InChI=1S/C36H50N8O12/c1-18(2)30(34(53)40-23(9-12-27(38)45)32(51)42-25(36(55)56)11-14-29(48)49)43-33(52)26-8-5-15-44(26)35(54)24(10-13-28(46)47)41-31(50)21(37)16-19-17-39-22-7-4-3-6-20(19)22/h3-4,6-7,17-18,21,23-26,30,39H,5,8-16,37H2,1-2H3,(H2,38,45)(H,40,53)(H,41,50)(H,42,51)(H,43,52)(H,46,47)(H,48,49)(H,55,56)/t21-,23-,24-,25-,26-,30-/m0/s1. The van der Waals surface area contributed by atoms with Crippen LogP contribution in [0.1, 0.15) is 70.8 Å². The first kappa shape index (κ1) is 44.3. The number of nitrogens with two attached hydrogens (primary N) is 2. The number of nitrogens with zero attached hydrogens (tertiary/aromatic N) is 1. The molecule has 56 heavy (non-hydrogen) atoms. The first-order valence-corrected chi connectivity index (χ1v) is 18.2. The summed E-state index contributed by atoms with van der Waals surface area (Å²) in [6.07, 6.45) is -0.201. The van der Waals surface area contributed by atoms with Crippen LogP contribution >= 0.6 is 0 Å². The lowest BCUT2D eigenvalue weighted by Crippen LogP contribution is -2.60. The molecule has 0 saturated carbocycles. The zero-order chi connectivity index (χ0) is 41.7. The normalized spacial score (nSPS) is 16.6. The highest BCUT2D eigenvalue weighted by atomic mass is 16.4. The van der Waals surface area contributed by atoms with Gasteiger partial charge < -0.3 is 57.9 Å². The van der Waals surface area contributed by atoms with Gasteiger partial charge in [0.2, 0.25) is 35.4 Å². The van der Waals surface area contributed by atoms with Crippen LogP contribution < -0.4 is 32.7 Å². The lowest BCUT2D eigenvalue weighted by Gasteiger charge is -2.31. The van der Waals surface area contributed by atoms with Crippen molar-refractivity contribution >= 4 is 64.3 Å². The Morgan fingerprint density at radius 1 is 0.804 bits per heavy atom. The average molecular weight is 787 g/mol. The molecule has 20 nitrogen and oxygen atoms in total. The largest absolute Gasteiger partial charge is 0.481 e. The minimum atomic E-state index is -1.63. The average Bonchev–Trinajstić information content (AvgIpc) is 3.79. The fraction of sp³-hybridized carbons (Fsp3) is 0.528. The lowest BCUT2D eigenvalue weighted by molar-refractivity contribution is -0.144. The van der Waals surface area contributed by atoms with Gasteiger partial charge in [0.1, 0.15) is 30.2 Å². The molecule has 2 aromatic rings. The van der Waals surface area contributed by atoms with E-state index in [9.17, 15) is 53.4 Å². The molecule has 1 aromatic heterocycles. The maximum atomic E-state index is 13.9. The number of para-hydroxylation sites is 1. The summed E-state index contributed by atoms with van der Waals surface area (Å²) in [6, 6.07) is -0.623. The van der Waals surface area contributed by atoms with E-state index >= 15 is 0 Å². The third kappa shape index (κ3) is 12.8. The molecule has 0 aliphatic carbocycles. The van der Waals surface area contributed by atoms with E-state index in [-0.39, 0.29) is 32.2 Å². The molecule has 2 heterocycles. The molecule has 0 bridgehead atoms.